The molecule has 6 nitrogen and oxygen atoms in total. The third-order valence-electron chi connectivity index (χ3n) is 4.06. The molecule has 1 heterocycles. The van der Waals surface area contributed by atoms with Crippen LogP contribution in [0.1, 0.15) is 28.9 Å². The van der Waals surface area contributed by atoms with Gasteiger partial charge in [-0.15, -0.1) is 0 Å². The van der Waals surface area contributed by atoms with Crippen LogP contribution in [0.4, 0.5) is 0 Å². The number of carbonyl (C=O) groups excluding carboxylic acids is 1. The van der Waals surface area contributed by atoms with Crippen molar-refractivity contribution in [2.24, 2.45) is 0 Å². The van der Waals surface area contributed by atoms with E-state index in [-0.39, 0.29) is 11.9 Å². The van der Waals surface area contributed by atoms with E-state index in [0.29, 0.717) is 41.8 Å². The van der Waals surface area contributed by atoms with Crippen molar-refractivity contribution in [3.63, 3.8) is 0 Å². The highest BCUT2D eigenvalue weighted by Crippen LogP contribution is 2.32. The van der Waals surface area contributed by atoms with Crippen LogP contribution < -0.4 is 24.3 Å². The summed E-state index contributed by atoms with van der Waals surface area (Å²) in [5.74, 6) is 2.44. The fourth-order valence-electron chi connectivity index (χ4n) is 2.72. The summed E-state index contributed by atoms with van der Waals surface area (Å²) in [7, 11) is 3.20. The third-order valence-corrected chi connectivity index (χ3v) is 4.06. The van der Waals surface area contributed by atoms with Crippen LogP contribution in [0.2, 0.25) is 0 Å². The van der Waals surface area contributed by atoms with E-state index in [2.05, 4.69) is 5.32 Å². The van der Waals surface area contributed by atoms with E-state index >= 15 is 0 Å². The maximum absolute atomic E-state index is 12.6. The lowest BCUT2D eigenvalue weighted by atomic mass is 10.1. The topological polar surface area (TPSA) is 66.0 Å². The molecule has 6 heteroatoms. The predicted molar refractivity (Wildman–Crippen MR) is 92.9 cm³/mol. The van der Waals surface area contributed by atoms with E-state index in [1.807, 2.05) is 25.1 Å². The fraction of sp³-hybridized carbons (Fsp3) is 0.316. The minimum atomic E-state index is -0.259. The zero-order chi connectivity index (χ0) is 17.8. The Kier molecular flexibility index (Phi) is 4.97. The molecule has 0 spiro atoms. The van der Waals surface area contributed by atoms with Gasteiger partial charge in [-0.3, -0.25) is 4.79 Å². The second kappa shape index (κ2) is 7.34. The molecule has 1 atom stereocenters. The van der Waals surface area contributed by atoms with Gasteiger partial charge in [-0.25, -0.2) is 0 Å². The molecular formula is C19H21NO5. The van der Waals surface area contributed by atoms with Gasteiger partial charge in [0, 0.05) is 11.1 Å². The lowest BCUT2D eigenvalue weighted by Gasteiger charge is -2.20. The van der Waals surface area contributed by atoms with Crippen molar-refractivity contribution in [2.75, 3.05) is 27.4 Å². The van der Waals surface area contributed by atoms with E-state index in [1.54, 1.807) is 32.4 Å². The lowest BCUT2D eigenvalue weighted by Crippen LogP contribution is -2.27. The van der Waals surface area contributed by atoms with E-state index in [9.17, 15) is 4.79 Å². The summed E-state index contributed by atoms with van der Waals surface area (Å²) in [5, 5.41) is 2.97. The molecule has 1 amide bonds. The van der Waals surface area contributed by atoms with Gasteiger partial charge in [0.05, 0.1) is 20.3 Å². The van der Waals surface area contributed by atoms with Gasteiger partial charge < -0.3 is 24.3 Å². The molecular weight excluding hydrogens is 322 g/mol. The molecule has 1 aliphatic heterocycles. The van der Waals surface area contributed by atoms with E-state index in [1.165, 1.54) is 0 Å². The number of hydrogen-bond donors (Lipinski definition) is 1. The van der Waals surface area contributed by atoms with E-state index in [0.717, 1.165) is 5.56 Å². The molecule has 2 aromatic rings. The van der Waals surface area contributed by atoms with Gasteiger partial charge in [-0.1, -0.05) is 0 Å². The Morgan fingerprint density at radius 3 is 2.52 bits per heavy atom. The first-order chi connectivity index (χ1) is 12.1. The number of nitrogens with one attached hydrogen (secondary N) is 1. The summed E-state index contributed by atoms with van der Waals surface area (Å²) in [6.45, 7) is 2.90. The molecule has 0 saturated heterocycles. The van der Waals surface area contributed by atoms with Crippen LogP contribution >= 0.6 is 0 Å². The van der Waals surface area contributed by atoms with Crippen LogP contribution in [-0.2, 0) is 0 Å². The van der Waals surface area contributed by atoms with Crippen LogP contribution in [-0.4, -0.2) is 33.3 Å². The van der Waals surface area contributed by atoms with Crippen LogP contribution in [0.3, 0.4) is 0 Å². The first-order valence-corrected chi connectivity index (χ1v) is 8.05. The number of benzene rings is 2. The second-order valence-corrected chi connectivity index (χ2v) is 5.66. The number of methoxy groups -OCH3 is 2. The Hall–Kier alpha value is -2.89. The predicted octanol–water partition coefficient (Wildman–Crippen LogP) is 2.97. The molecule has 0 aliphatic carbocycles. The first-order valence-electron chi connectivity index (χ1n) is 8.05. The summed E-state index contributed by atoms with van der Waals surface area (Å²) in [4.78, 5) is 12.6. The molecule has 1 unspecified atom stereocenters. The molecule has 25 heavy (non-hydrogen) atoms. The van der Waals surface area contributed by atoms with E-state index in [4.69, 9.17) is 18.9 Å². The zero-order valence-electron chi connectivity index (χ0n) is 14.5. The molecule has 0 radical (unpaired) electrons. The number of rotatable bonds is 5. The average Bonchev–Trinajstić information content (AvgIpc) is 2.66. The molecule has 1 N–H and O–H groups in total. The van der Waals surface area contributed by atoms with E-state index < -0.39 is 0 Å². The van der Waals surface area contributed by atoms with Gasteiger partial charge in [0.25, 0.3) is 5.91 Å². The monoisotopic (exact) mass is 343 g/mol. The van der Waals surface area contributed by atoms with Gasteiger partial charge >= 0.3 is 0 Å². The van der Waals surface area contributed by atoms with Crippen molar-refractivity contribution in [1.82, 2.24) is 5.32 Å². The summed E-state index contributed by atoms with van der Waals surface area (Å²) in [6, 6.07) is 10.4. The quantitative estimate of drug-likeness (QED) is 0.904. The molecule has 3 rings (SSSR count). The molecule has 1 aliphatic rings. The Balaban J connectivity index is 1.78. The van der Waals surface area contributed by atoms with Crippen LogP contribution in [0.15, 0.2) is 36.4 Å². The van der Waals surface area contributed by atoms with Gasteiger partial charge in [0.2, 0.25) is 0 Å². The molecule has 2 aromatic carbocycles. The van der Waals surface area contributed by atoms with Crippen molar-refractivity contribution < 1.29 is 23.7 Å². The minimum Gasteiger partial charge on any atom is -0.497 e. The first kappa shape index (κ1) is 17.0. The number of carbonyl (C=O) groups is 1. The summed E-state index contributed by atoms with van der Waals surface area (Å²) in [6.07, 6.45) is 0. The Bertz CT molecular complexity index is 774. The maximum atomic E-state index is 12.6. The minimum absolute atomic E-state index is 0.200. The molecule has 0 fully saturated rings. The normalized spacial score (nSPS) is 13.7. The Morgan fingerprint density at radius 1 is 1.04 bits per heavy atom. The number of fused-ring (bicyclic) bond motifs is 1. The van der Waals surface area contributed by atoms with Gasteiger partial charge in [-0.05, 0) is 43.3 Å². The molecule has 132 valence electrons. The van der Waals surface area contributed by atoms with Crippen molar-refractivity contribution in [3.05, 3.63) is 47.5 Å². The van der Waals surface area contributed by atoms with Gasteiger partial charge in [-0.2, -0.15) is 0 Å². The Labute approximate surface area is 146 Å². The van der Waals surface area contributed by atoms with Crippen molar-refractivity contribution in [1.29, 1.82) is 0 Å². The summed E-state index contributed by atoms with van der Waals surface area (Å²) >= 11 is 0. The summed E-state index contributed by atoms with van der Waals surface area (Å²) < 4.78 is 21.6. The third kappa shape index (κ3) is 3.63. The highest BCUT2D eigenvalue weighted by atomic mass is 16.6. The number of amides is 1. The van der Waals surface area contributed by atoms with Crippen LogP contribution in [0.25, 0.3) is 0 Å². The standard InChI is InChI=1S/C19H21NO5/c1-12(15-11-14(22-2)5-7-16(15)23-3)20-19(21)13-4-6-17-18(10-13)25-9-8-24-17/h4-7,10-12H,8-9H2,1-3H3,(H,20,21). The SMILES string of the molecule is COc1ccc(OC)c(C(C)NC(=O)c2ccc3c(c2)OCCO3)c1. The zero-order valence-corrected chi connectivity index (χ0v) is 14.5. The molecule has 0 saturated carbocycles. The molecule has 0 aromatic heterocycles. The fourth-order valence-corrected chi connectivity index (χ4v) is 2.72. The van der Waals surface area contributed by atoms with Gasteiger partial charge in [0.1, 0.15) is 24.7 Å². The van der Waals surface area contributed by atoms with Crippen LogP contribution in [0.5, 0.6) is 23.0 Å². The smallest absolute Gasteiger partial charge is 0.251 e. The number of hydrogen-bond acceptors (Lipinski definition) is 5. The molecule has 0 bridgehead atoms. The Morgan fingerprint density at radius 2 is 1.80 bits per heavy atom. The second-order valence-electron chi connectivity index (χ2n) is 5.66. The van der Waals surface area contributed by atoms with Crippen molar-refractivity contribution >= 4 is 5.91 Å². The van der Waals surface area contributed by atoms with Crippen LogP contribution in [0, 0.1) is 0 Å². The highest BCUT2D eigenvalue weighted by Gasteiger charge is 2.19. The van der Waals surface area contributed by atoms with Gasteiger partial charge in [0.15, 0.2) is 11.5 Å². The van der Waals surface area contributed by atoms with Crippen molar-refractivity contribution in [2.45, 2.75) is 13.0 Å². The number of ether oxygens (including phenoxy) is 4. The summed E-state index contributed by atoms with van der Waals surface area (Å²) in [5.41, 5.74) is 1.35. The highest BCUT2D eigenvalue weighted by molar-refractivity contribution is 5.95. The maximum Gasteiger partial charge on any atom is 0.251 e. The average molecular weight is 343 g/mol. The lowest BCUT2D eigenvalue weighted by molar-refractivity contribution is 0.0938. The largest absolute Gasteiger partial charge is 0.497 e. The van der Waals surface area contributed by atoms with Crippen molar-refractivity contribution in [3.8, 4) is 23.0 Å².